The van der Waals surface area contributed by atoms with Crippen LogP contribution in [0.4, 0.5) is 17.6 Å². The van der Waals surface area contributed by atoms with Crippen LogP contribution >= 0.6 is 28.3 Å². The Hall–Kier alpha value is -0.330. The van der Waals surface area contributed by atoms with Crippen molar-refractivity contribution in [2.75, 3.05) is 0 Å². The second kappa shape index (κ2) is 5.14. The topological polar surface area (TPSA) is 26.0 Å². The Labute approximate surface area is 98.2 Å². The van der Waals surface area contributed by atoms with Crippen molar-refractivity contribution in [1.29, 1.82) is 0 Å². The highest BCUT2D eigenvalue weighted by Crippen LogP contribution is 2.32. The molecule has 0 spiro atoms. The van der Waals surface area contributed by atoms with Gasteiger partial charge in [0.25, 0.3) is 0 Å². The summed E-state index contributed by atoms with van der Waals surface area (Å²) in [5.41, 5.74) is 4.29. The zero-order valence-corrected chi connectivity index (χ0v) is 9.59. The van der Waals surface area contributed by atoms with E-state index < -0.39 is 23.6 Å². The van der Waals surface area contributed by atoms with Gasteiger partial charge in [0, 0.05) is 10.0 Å². The lowest BCUT2D eigenvalue weighted by Gasteiger charge is -2.16. The second-order valence-electron chi connectivity index (χ2n) is 2.69. The molecule has 7 heteroatoms. The van der Waals surface area contributed by atoms with Crippen LogP contribution < -0.4 is 5.73 Å². The van der Waals surface area contributed by atoms with Crippen molar-refractivity contribution in [3.05, 3.63) is 34.1 Å². The molecule has 0 aliphatic carbocycles. The van der Waals surface area contributed by atoms with Crippen LogP contribution in [-0.2, 0) is 0 Å². The van der Waals surface area contributed by atoms with E-state index in [0.717, 1.165) is 12.1 Å². The molecule has 0 saturated heterocycles. The van der Waals surface area contributed by atoms with Gasteiger partial charge in [-0.2, -0.15) is 13.2 Å². The number of hydrogen-bond acceptors (Lipinski definition) is 1. The van der Waals surface area contributed by atoms with E-state index in [1.165, 1.54) is 6.07 Å². The van der Waals surface area contributed by atoms with Gasteiger partial charge in [-0.3, -0.25) is 0 Å². The Morgan fingerprint density at radius 2 is 1.80 bits per heavy atom. The molecule has 1 aromatic carbocycles. The van der Waals surface area contributed by atoms with Gasteiger partial charge in [0.2, 0.25) is 0 Å². The van der Waals surface area contributed by atoms with Gasteiger partial charge in [0.05, 0.1) is 0 Å². The fraction of sp³-hybridized carbons (Fsp3) is 0.250. The van der Waals surface area contributed by atoms with Crippen LogP contribution in [-0.4, -0.2) is 6.18 Å². The van der Waals surface area contributed by atoms with Gasteiger partial charge >= 0.3 is 6.18 Å². The molecule has 0 amide bonds. The third-order valence-electron chi connectivity index (χ3n) is 1.65. The number of nitrogens with two attached hydrogens (primary N) is 1. The summed E-state index contributed by atoms with van der Waals surface area (Å²) in [6, 6.07) is 0.985. The van der Waals surface area contributed by atoms with Crippen LogP contribution in [0.25, 0.3) is 0 Å². The zero-order chi connectivity index (χ0) is 10.9. The average Bonchev–Trinajstić information content (AvgIpc) is 2.01. The predicted octanol–water partition coefficient (Wildman–Crippen LogP) is 3.57. The standard InChI is InChI=1S/C8H6BrF4N.ClH/c9-4-1-2-5(6(10)3-4)7(14)8(11,12)13;/h1-3,7H,14H2;1H/t7-;/m1./s1. The molecule has 86 valence electrons. The van der Waals surface area contributed by atoms with Crippen LogP contribution in [0, 0.1) is 5.82 Å². The van der Waals surface area contributed by atoms with Gasteiger partial charge < -0.3 is 5.73 Å². The van der Waals surface area contributed by atoms with Crippen molar-refractivity contribution in [2.45, 2.75) is 12.2 Å². The molecule has 0 heterocycles. The first-order valence-electron chi connectivity index (χ1n) is 3.59. The molecule has 0 radical (unpaired) electrons. The largest absolute Gasteiger partial charge is 0.407 e. The Morgan fingerprint density at radius 3 is 2.20 bits per heavy atom. The predicted molar refractivity (Wildman–Crippen MR) is 54.3 cm³/mol. The molecule has 1 nitrogen and oxygen atoms in total. The van der Waals surface area contributed by atoms with E-state index in [0.29, 0.717) is 4.47 Å². The average molecular weight is 308 g/mol. The number of benzene rings is 1. The molecule has 0 aliphatic heterocycles. The van der Waals surface area contributed by atoms with Crippen LogP contribution in [0.1, 0.15) is 11.6 Å². The first kappa shape index (κ1) is 14.7. The summed E-state index contributed by atoms with van der Waals surface area (Å²) in [5.74, 6) is -0.968. The van der Waals surface area contributed by atoms with E-state index in [1.807, 2.05) is 0 Å². The van der Waals surface area contributed by atoms with E-state index in [2.05, 4.69) is 15.9 Å². The summed E-state index contributed by atoms with van der Waals surface area (Å²) in [7, 11) is 0. The smallest absolute Gasteiger partial charge is 0.316 e. The maximum absolute atomic E-state index is 13.0. The van der Waals surface area contributed by atoms with E-state index in [1.54, 1.807) is 0 Å². The van der Waals surface area contributed by atoms with Gasteiger partial charge in [-0.05, 0) is 12.1 Å². The summed E-state index contributed by atoms with van der Waals surface area (Å²) in [4.78, 5) is 0. The number of rotatable bonds is 1. The van der Waals surface area contributed by atoms with E-state index >= 15 is 0 Å². The quantitative estimate of drug-likeness (QED) is 0.789. The fourth-order valence-electron chi connectivity index (χ4n) is 0.930. The molecule has 1 rings (SSSR count). The van der Waals surface area contributed by atoms with E-state index in [-0.39, 0.29) is 12.4 Å². The maximum atomic E-state index is 13.0. The molecule has 0 fully saturated rings. The summed E-state index contributed by atoms with van der Waals surface area (Å²) in [6.07, 6.45) is -4.63. The highest BCUT2D eigenvalue weighted by Gasteiger charge is 2.39. The fourth-order valence-corrected chi connectivity index (χ4v) is 1.26. The third kappa shape index (κ3) is 3.62. The minimum Gasteiger partial charge on any atom is -0.316 e. The van der Waals surface area contributed by atoms with Crippen molar-refractivity contribution in [3.8, 4) is 0 Å². The molecule has 0 aromatic heterocycles. The summed E-state index contributed by atoms with van der Waals surface area (Å²) < 4.78 is 49.7. The lowest BCUT2D eigenvalue weighted by molar-refractivity contribution is -0.149. The van der Waals surface area contributed by atoms with Crippen molar-refractivity contribution < 1.29 is 17.6 Å². The maximum Gasteiger partial charge on any atom is 0.407 e. The minimum absolute atomic E-state index is 0. The van der Waals surface area contributed by atoms with E-state index in [9.17, 15) is 17.6 Å². The summed E-state index contributed by atoms with van der Waals surface area (Å²) in [6.45, 7) is 0. The highest BCUT2D eigenvalue weighted by atomic mass is 79.9. The molecule has 0 unspecified atom stereocenters. The Morgan fingerprint density at radius 1 is 1.27 bits per heavy atom. The molecule has 1 atom stereocenters. The van der Waals surface area contributed by atoms with Crippen LogP contribution in [0.5, 0.6) is 0 Å². The van der Waals surface area contributed by atoms with Crippen LogP contribution in [0.3, 0.4) is 0 Å². The normalized spacial score (nSPS) is 13.2. The molecule has 0 bridgehead atoms. The van der Waals surface area contributed by atoms with Crippen LogP contribution in [0.2, 0.25) is 0 Å². The van der Waals surface area contributed by atoms with Gasteiger partial charge in [-0.15, -0.1) is 12.4 Å². The van der Waals surface area contributed by atoms with Gasteiger partial charge in [0.15, 0.2) is 0 Å². The lowest BCUT2D eigenvalue weighted by atomic mass is 10.1. The number of hydrogen-bond donors (Lipinski definition) is 1. The Balaban J connectivity index is 0.00000196. The van der Waals surface area contributed by atoms with Crippen molar-refractivity contribution in [1.82, 2.24) is 0 Å². The second-order valence-corrected chi connectivity index (χ2v) is 3.60. The van der Waals surface area contributed by atoms with Crippen molar-refractivity contribution in [3.63, 3.8) is 0 Å². The van der Waals surface area contributed by atoms with E-state index in [4.69, 9.17) is 5.73 Å². The first-order chi connectivity index (χ1) is 6.32. The van der Waals surface area contributed by atoms with Gasteiger partial charge in [-0.1, -0.05) is 22.0 Å². The van der Waals surface area contributed by atoms with Crippen molar-refractivity contribution >= 4 is 28.3 Å². The van der Waals surface area contributed by atoms with Gasteiger partial charge in [0.1, 0.15) is 11.9 Å². The molecular formula is C8H7BrClF4N. The molecule has 1 aromatic rings. The Kier molecular flexibility index (Phi) is 5.02. The van der Waals surface area contributed by atoms with Crippen molar-refractivity contribution in [2.24, 2.45) is 5.73 Å². The molecule has 0 aliphatic rings. The SMILES string of the molecule is Cl.N[C@H](c1ccc(Br)cc1F)C(F)(F)F. The van der Waals surface area contributed by atoms with Crippen LogP contribution in [0.15, 0.2) is 22.7 Å². The first-order valence-corrected chi connectivity index (χ1v) is 4.39. The highest BCUT2D eigenvalue weighted by molar-refractivity contribution is 9.10. The molecule has 2 N–H and O–H groups in total. The summed E-state index contributed by atoms with van der Waals surface area (Å²) in [5, 5.41) is 0. The molecular weight excluding hydrogens is 301 g/mol. The third-order valence-corrected chi connectivity index (χ3v) is 2.14. The minimum atomic E-state index is -4.63. The number of alkyl halides is 3. The Bertz CT molecular complexity index is 342. The number of halogens is 6. The van der Waals surface area contributed by atoms with Gasteiger partial charge in [-0.25, -0.2) is 4.39 Å². The zero-order valence-electron chi connectivity index (χ0n) is 7.18. The summed E-state index contributed by atoms with van der Waals surface area (Å²) >= 11 is 2.93. The lowest BCUT2D eigenvalue weighted by Crippen LogP contribution is -2.29. The monoisotopic (exact) mass is 307 g/mol. The molecule has 15 heavy (non-hydrogen) atoms. The molecule has 0 saturated carbocycles.